The Hall–Kier alpha value is -3.60. The molecule has 0 unspecified atom stereocenters. The fraction of sp³-hybridized carbons (Fsp3) is 0.250. The van der Waals surface area contributed by atoms with Crippen LogP contribution in [-0.4, -0.2) is 47.6 Å². The van der Waals surface area contributed by atoms with E-state index in [0.29, 0.717) is 23.2 Å². The monoisotopic (exact) mass is 439 g/mol. The Kier molecular flexibility index (Phi) is 5.51. The van der Waals surface area contributed by atoms with E-state index in [1.165, 1.54) is 37.9 Å². The Balaban J connectivity index is 1.69. The maximum Gasteiger partial charge on any atom is 0.254 e. The number of carbonyl (C=O) groups excluding carboxylic acids is 1. The second-order valence-corrected chi connectivity index (χ2v) is 9.15. The summed E-state index contributed by atoms with van der Waals surface area (Å²) in [4.78, 5) is 29.3. The van der Waals surface area contributed by atoms with Crippen molar-refractivity contribution in [2.75, 3.05) is 23.9 Å². The lowest BCUT2D eigenvalue weighted by Gasteiger charge is -2.14. The van der Waals surface area contributed by atoms with Gasteiger partial charge in [-0.3, -0.25) is 4.79 Å². The minimum Gasteiger partial charge on any atom is -0.355 e. The zero-order valence-corrected chi connectivity index (χ0v) is 17.8. The van der Waals surface area contributed by atoms with Crippen molar-refractivity contribution >= 4 is 38.9 Å². The van der Waals surface area contributed by atoms with Crippen molar-refractivity contribution in [3.8, 4) is 0 Å². The lowest BCUT2D eigenvalue weighted by atomic mass is 10.2. The average molecular weight is 440 g/mol. The van der Waals surface area contributed by atoms with Crippen molar-refractivity contribution in [1.29, 1.82) is 0 Å². The van der Waals surface area contributed by atoms with Gasteiger partial charge in [0.15, 0.2) is 9.84 Å². The average Bonchev–Trinajstić information content (AvgIpc) is 3.59. The molecule has 11 heteroatoms. The number of amides is 1. The first-order chi connectivity index (χ1) is 14.8. The molecule has 0 spiro atoms. The Morgan fingerprint density at radius 2 is 1.84 bits per heavy atom. The first-order valence-corrected chi connectivity index (χ1v) is 11.5. The maximum atomic E-state index is 12.3. The van der Waals surface area contributed by atoms with Crippen molar-refractivity contribution in [3.63, 3.8) is 0 Å². The van der Waals surface area contributed by atoms with Crippen molar-refractivity contribution < 1.29 is 13.2 Å². The SMILES string of the molecule is CNC(=O)c1cnc(Nc2cc(C3CC3)ncn2)cc1Nc1ncccc1S(C)(=O)=O. The summed E-state index contributed by atoms with van der Waals surface area (Å²) in [6, 6.07) is 6.46. The number of sulfone groups is 1. The van der Waals surface area contributed by atoms with Crippen molar-refractivity contribution in [3.05, 3.63) is 54.2 Å². The molecule has 1 amide bonds. The molecular weight excluding hydrogens is 418 g/mol. The van der Waals surface area contributed by atoms with Gasteiger partial charge in [0.2, 0.25) is 0 Å². The molecule has 0 bridgehead atoms. The van der Waals surface area contributed by atoms with Gasteiger partial charge in [0.25, 0.3) is 5.91 Å². The summed E-state index contributed by atoms with van der Waals surface area (Å²) in [5, 5.41) is 8.62. The van der Waals surface area contributed by atoms with Gasteiger partial charge in [-0.1, -0.05) is 0 Å². The molecule has 10 nitrogen and oxygen atoms in total. The number of nitrogens with one attached hydrogen (secondary N) is 3. The smallest absolute Gasteiger partial charge is 0.254 e. The van der Waals surface area contributed by atoms with E-state index in [0.717, 1.165) is 24.8 Å². The molecule has 160 valence electrons. The third-order valence-corrected chi connectivity index (χ3v) is 5.87. The number of aromatic nitrogens is 4. The Bertz CT molecular complexity index is 1240. The van der Waals surface area contributed by atoms with Crippen LogP contribution in [0.1, 0.15) is 34.8 Å². The standard InChI is InChI=1S/C20H21N7O3S/c1-21-20(28)13-10-23-17(27-18-8-14(12-5-6-12)24-11-25-18)9-15(13)26-19-16(31(2,29)30)4-3-7-22-19/h3-4,7-12H,5-6H2,1-2H3,(H,21,28)(H2,22,23,24,25,26,27). The molecule has 0 aromatic carbocycles. The molecule has 31 heavy (non-hydrogen) atoms. The highest BCUT2D eigenvalue weighted by Gasteiger charge is 2.25. The van der Waals surface area contributed by atoms with E-state index in [1.807, 2.05) is 6.07 Å². The molecule has 1 aliphatic rings. The highest BCUT2D eigenvalue weighted by Crippen LogP contribution is 2.39. The van der Waals surface area contributed by atoms with Crippen LogP contribution < -0.4 is 16.0 Å². The van der Waals surface area contributed by atoms with Crippen LogP contribution in [0, 0.1) is 0 Å². The molecule has 1 saturated carbocycles. The normalized spacial score (nSPS) is 13.5. The second kappa shape index (κ2) is 8.26. The van der Waals surface area contributed by atoms with Gasteiger partial charge < -0.3 is 16.0 Å². The number of nitrogens with zero attached hydrogens (tertiary/aromatic N) is 4. The molecule has 3 aromatic rings. The molecule has 3 aromatic heterocycles. The predicted octanol–water partition coefficient (Wildman–Crippen LogP) is 2.39. The topological polar surface area (TPSA) is 139 Å². The molecule has 0 aliphatic heterocycles. The van der Waals surface area contributed by atoms with Crippen LogP contribution in [0.2, 0.25) is 0 Å². The van der Waals surface area contributed by atoms with Crippen molar-refractivity contribution in [2.45, 2.75) is 23.7 Å². The molecule has 0 atom stereocenters. The fourth-order valence-corrected chi connectivity index (χ4v) is 3.81. The van der Waals surface area contributed by atoms with Crippen LogP contribution in [0.15, 0.2) is 47.9 Å². The molecule has 1 fully saturated rings. The number of rotatable bonds is 7. The summed E-state index contributed by atoms with van der Waals surface area (Å²) >= 11 is 0. The van der Waals surface area contributed by atoms with Gasteiger partial charge in [0.1, 0.15) is 28.7 Å². The van der Waals surface area contributed by atoms with Crippen molar-refractivity contribution in [1.82, 2.24) is 25.3 Å². The number of pyridine rings is 2. The second-order valence-electron chi connectivity index (χ2n) is 7.17. The van der Waals surface area contributed by atoms with Crippen LogP contribution in [0.4, 0.5) is 23.1 Å². The van der Waals surface area contributed by atoms with Gasteiger partial charge in [-0.15, -0.1) is 0 Å². The highest BCUT2D eigenvalue weighted by molar-refractivity contribution is 7.90. The zero-order valence-electron chi connectivity index (χ0n) is 17.0. The number of anilines is 4. The van der Waals surface area contributed by atoms with Gasteiger partial charge in [-0.25, -0.2) is 28.4 Å². The van der Waals surface area contributed by atoms with Gasteiger partial charge in [0, 0.05) is 49.4 Å². The van der Waals surface area contributed by atoms with Crippen LogP contribution >= 0.6 is 0 Å². The van der Waals surface area contributed by atoms with Gasteiger partial charge in [-0.05, 0) is 25.0 Å². The molecule has 0 saturated heterocycles. The van der Waals surface area contributed by atoms with E-state index in [1.54, 1.807) is 6.07 Å². The third-order valence-electron chi connectivity index (χ3n) is 4.74. The van der Waals surface area contributed by atoms with E-state index in [-0.39, 0.29) is 22.2 Å². The summed E-state index contributed by atoms with van der Waals surface area (Å²) in [7, 11) is -2.03. The van der Waals surface area contributed by atoms with Gasteiger partial charge in [-0.2, -0.15) is 0 Å². The molecule has 3 heterocycles. The van der Waals surface area contributed by atoms with Gasteiger partial charge in [0.05, 0.1) is 11.3 Å². The fourth-order valence-electron chi connectivity index (χ4n) is 3.03. The van der Waals surface area contributed by atoms with Crippen LogP contribution in [0.25, 0.3) is 0 Å². The molecular formula is C20H21N7O3S. The predicted molar refractivity (Wildman–Crippen MR) is 116 cm³/mol. The Morgan fingerprint density at radius 1 is 1.06 bits per heavy atom. The molecule has 1 aliphatic carbocycles. The summed E-state index contributed by atoms with van der Waals surface area (Å²) in [5.41, 5.74) is 1.56. The lowest BCUT2D eigenvalue weighted by Crippen LogP contribution is -2.20. The maximum absolute atomic E-state index is 12.3. The molecule has 3 N–H and O–H groups in total. The quantitative estimate of drug-likeness (QED) is 0.506. The first-order valence-electron chi connectivity index (χ1n) is 9.58. The number of hydrogen-bond acceptors (Lipinski definition) is 9. The summed E-state index contributed by atoms with van der Waals surface area (Å²) in [6.07, 6.45) is 7.71. The Morgan fingerprint density at radius 3 is 2.55 bits per heavy atom. The van der Waals surface area contributed by atoms with Gasteiger partial charge >= 0.3 is 0 Å². The van der Waals surface area contributed by atoms with Crippen molar-refractivity contribution in [2.24, 2.45) is 0 Å². The zero-order chi connectivity index (χ0) is 22.0. The third kappa shape index (κ3) is 4.77. The Labute approximate surface area is 179 Å². The molecule has 4 rings (SSSR count). The minimum absolute atomic E-state index is 0.0223. The lowest BCUT2D eigenvalue weighted by molar-refractivity contribution is 0.0963. The van der Waals surface area contributed by atoms with Crippen LogP contribution in [0.5, 0.6) is 0 Å². The van der Waals surface area contributed by atoms with E-state index in [2.05, 4.69) is 35.9 Å². The van der Waals surface area contributed by atoms with E-state index in [4.69, 9.17) is 0 Å². The number of carbonyl (C=O) groups is 1. The molecule has 0 radical (unpaired) electrons. The highest BCUT2D eigenvalue weighted by atomic mass is 32.2. The minimum atomic E-state index is -3.53. The van der Waals surface area contributed by atoms with Crippen LogP contribution in [0.3, 0.4) is 0 Å². The van der Waals surface area contributed by atoms with Crippen LogP contribution in [-0.2, 0) is 9.84 Å². The van der Waals surface area contributed by atoms with E-state index < -0.39 is 9.84 Å². The summed E-state index contributed by atoms with van der Waals surface area (Å²) in [5.74, 6) is 1.22. The number of hydrogen-bond donors (Lipinski definition) is 3. The first kappa shape index (κ1) is 20.7. The van der Waals surface area contributed by atoms with E-state index >= 15 is 0 Å². The van der Waals surface area contributed by atoms with E-state index in [9.17, 15) is 13.2 Å². The summed E-state index contributed by atoms with van der Waals surface area (Å²) < 4.78 is 24.2. The largest absolute Gasteiger partial charge is 0.355 e. The summed E-state index contributed by atoms with van der Waals surface area (Å²) in [6.45, 7) is 0.